The summed E-state index contributed by atoms with van der Waals surface area (Å²) in [5, 5.41) is 0.470. The molecule has 1 aliphatic heterocycles. The summed E-state index contributed by atoms with van der Waals surface area (Å²) in [5.41, 5.74) is 1.45. The van der Waals surface area contributed by atoms with Crippen molar-refractivity contribution >= 4 is 52.2 Å². The van der Waals surface area contributed by atoms with Crippen LogP contribution >= 0.6 is 35.0 Å². The zero-order chi connectivity index (χ0) is 19.4. The minimum Gasteiger partial charge on any atom is -0.489 e. The lowest BCUT2D eigenvalue weighted by atomic mass is 10.1. The number of nitrogens with zero attached hydrogens (tertiary/aromatic N) is 1. The molecule has 7 heteroatoms. The average molecular weight is 420 g/mol. The molecular weight excluding hydrogens is 405 g/mol. The van der Waals surface area contributed by atoms with Gasteiger partial charge in [0.25, 0.3) is 11.1 Å². The maximum absolute atomic E-state index is 12.7. The molecule has 0 spiro atoms. The number of halogens is 2. The van der Waals surface area contributed by atoms with Crippen LogP contribution in [0.25, 0.3) is 6.08 Å². The van der Waals surface area contributed by atoms with E-state index in [0.717, 1.165) is 22.9 Å². The van der Waals surface area contributed by atoms with Crippen LogP contribution in [0.15, 0.2) is 60.0 Å². The molecule has 27 heavy (non-hydrogen) atoms. The van der Waals surface area contributed by atoms with Crippen molar-refractivity contribution in [3.05, 3.63) is 81.2 Å². The summed E-state index contributed by atoms with van der Waals surface area (Å²) in [6.07, 6.45) is 3.31. The zero-order valence-corrected chi connectivity index (χ0v) is 16.5. The highest BCUT2D eigenvalue weighted by atomic mass is 35.5. The topological polar surface area (TPSA) is 46.6 Å². The zero-order valence-electron chi connectivity index (χ0n) is 14.2. The van der Waals surface area contributed by atoms with E-state index in [-0.39, 0.29) is 17.7 Å². The molecule has 0 unspecified atom stereocenters. The second-order valence-electron chi connectivity index (χ2n) is 5.65. The lowest BCUT2D eigenvalue weighted by Crippen LogP contribution is -2.27. The summed E-state index contributed by atoms with van der Waals surface area (Å²) in [7, 11) is 0. The molecule has 0 aromatic heterocycles. The Morgan fingerprint density at radius 2 is 1.89 bits per heavy atom. The van der Waals surface area contributed by atoms with Crippen molar-refractivity contribution in [2.75, 3.05) is 6.61 Å². The lowest BCUT2D eigenvalue weighted by Gasteiger charge is -2.13. The summed E-state index contributed by atoms with van der Waals surface area (Å²) in [4.78, 5) is 26.6. The smallest absolute Gasteiger partial charge is 0.293 e. The normalized spacial score (nSPS) is 15.5. The fourth-order valence-corrected chi connectivity index (χ4v) is 3.63. The van der Waals surface area contributed by atoms with Crippen molar-refractivity contribution in [2.24, 2.45) is 0 Å². The third-order valence-corrected chi connectivity index (χ3v) is 5.41. The number of carbonyl (C=O) groups is 2. The highest BCUT2D eigenvalue weighted by molar-refractivity contribution is 8.18. The molecule has 1 aliphatic rings. The average Bonchev–Trinajstić information content (AvgIpc) is 2.91. The fraction of sp³-hybridized carbons (Fsp3) is 0.100. The molecule has 0 saturated carbocycles. The van der Waals surface area contributed by atoms with E-state index < -0.39 is 0 Å². The van der Waals surface area contributed by atoms with Gasteiger partial charge in [0.1, 0.15) is 12.4 Å². The SMILES string of the molecule is C=CCOc1ccccc1/C=C1\SC(=O)N(Cc2ccc(Cl)c(Cl)c2)C1=O. The molecule has 0 bridgehead atoms. The van der Waals surface area contributed by atoms with Gasteiger partial charge in [0.2, 0.25) is 0 Å². The minimum atomic E-state index is -0.352. The first-order valence-electron chi connectivity index (χ1n) is 8.01. The molecule has 2 aromatic carbocycles. The van der Waals surface area contributed by atoms with Crippen molar-refractivity contribution in [1.29, 1.82) is 0 Å². The number of ether oxygens (including phenoxy) is 1. The van der Waals surface area contributed by atoms with Gasteiger partial charge in [-0.3, -0.25) is 14.5 Å². The predicted molar refractivity (Wildman–Crippen MR) is 110 cm³/mol. The van der Waals surface area contributed by atoms with Gasteiger partial charge in [-0.05, 0) is 41.6 Å². The maximum atomic E-state index is 12.7. The number of para-hydroxylation sites is 1. The standard InChI is InChI=1S/C20H15Cl2NO3S/c1-2-9-26-17-6-4-3-5-14(17)11-18-19(24)23(20(25)27-18)12-13-7-8-15(21)16(22)10-13/h2-8,10-11H,1,9,12H2/b18-11-. The molecule has 1 saturated heterocycles. The third kappa shape index (κ3) is 4.56. The summed E-state index contributed by atoms with van der Waals surface area (Å²) < 4.78 is 5.60. The van der Waals surface area contributed by atoms with Gasteiger partial charge in [-0.1, -0.05) is 60.1 Å². The Morgan fingerprint density at radius 3 is 2.63 bits per heavy atom. The van der Waals surface area contributed by atoms with E-state index in [0.29, 0.717) is 27.3 Å². The molecule has 2 amide bonds. The summed E-state index contributed by atoms with van der Waals surface area (Å²) in [6.45, 7) is 4.11. The van der Waals surface area contributed by atoms with Crippen molar-refractivity contribution in [1.82, 2.24) is 4.90 Å². The summed E-state index contributed by atoms with van der Waals surface area (Å²) >= 11 is 12.8. The van der Waals surface area contributed by atoms with E-state index >= 15 is 0 Å². The Labute approximate surface area is 171 Å². The minimum absolute atomic E-state index is 0.132. The van der Waals surface area contributed by atoms with E-state index in [4.69, 9.17) is 27.9 Å². The summed E-state index contributed by atoms with van der Waals surface area (Å²) in [5.74, 6) is 0.267. The molecular formula is C20H15Cl2NO3S. The van der Waals surface area contributed by atoms with Gasteiger partial charge < -0.3 is 4.74 Å². The van der Waals surface area contributed by atoms with Gasteiger partial charge in [-0.15, -0.1) is 0 Å². The number of hydrogen-bond donors (Lipinski definition) is 0. The lowest BCUT2D eigenvalue weighted by molar-refractivity contribution is -0.123. The van der Waals surface area contributed by atoms with Crippen molar-refractivity contribution in [2.45, 2.75) is 6.54 Å². The van der Waals surface area contributed by atoms with E-state index in [1.807, 2.05) is 18.2 Å². The quantitative estimate of drug-likeness (QED) is 0.438. The molecule has 4 nitrogen and oxygen atoms in total. The highest BCUT2D eigenvalue weighted by Crippen LogP contribution is 2.35. The van der Waals surface area contributed by atoms with E-state index in [9.17, 15) is 9.59 Å². The Balaban J connectivity index is 1.82. The third-order valence-electron chi connectivity index (χ3n) is 3.76. The Morgan fingerprint density at radius 1 is 1.11 bits per heavy atom. The van der Waals surface area contributed by atoms with Crippen LogP contribution in [-0.4, -0.2) is 22.7 Å². The van der Waals surface area contributed by atoms with Crippen LogP contribution in [0.2, 0.25) is 10.0 Å². The number of thioether (sulfide) groups is 1. The molecule has 0 aliphatic carbocycles. The van der Waals surface area contributed by atoms with Crippen LogP contribution in [0.1, 0.15) is 11.1 Å². The van der Waals surface area contributed by atoms with Gasteiger partial charge in [-0.2, -0.15) is 0 Å². The molecule has 138 valence electrons. The molecule has 0 N–H and O–H groups in total. The molecule has 0 atom stereocenters. The van der Waals surface area contributed by atoms with Crippen LogP contribution < -0.4 is 4.74 Å². The largest absolute Gasteiger partial charge is 0.489 e. The van der Waals surface area contributed by atoms with Gasteiger partial charge in [-0.25, -0.2) is 0 Å². The number of rotatable bonds is 6. The fourth-order valence-electron chi connectivity index (χ4n) is 2.48. The Hall–Kier alpha value is -2.21. The van der Waals surface area contributed by atoms with Crippen LogP contribution in [0, 0.1) is 0 Å². The first-order valence-corrected chi connectivity index (χ1v) is 9.59. The van der Waals surface area contributed by atoms with Gasteiger partial charge >= 0.3 is 0 Å². The van der Waals surface area contributed by atoms with Gasteiger partial charge in [0.15, 0.2) is 0 Å². The number of benzene rings is 2. The summed E-state index contributed by atoms with van der Waals surface area (Å²) in [6, 6.07) is 12.3. The van der Waals surface area contributed by atoms with Crippen molar-refractivity contribution in [3.63, 3.8) is 0 Å². The van der Waals surface area contributed by atoms with E-state index in [2.05, 4.69) is 6.58 Å². The van der Waals surface area contributed by atoms with Gasteiger partial charge in [0.05, 0.1) is 21.5 Å². The molecule has 1 fully saturated rings. The highest BCUT2D eigenvalue weighted by Gasteiger charge is 2.35. The second kappa shape index (κ2) is 8.65. The first-order chi connectivity index (χ1) is 13.0. The molecule has 1 heterocycles. The van der Waals surface area contributed by atoms with E-state index in [1.54, 1.807) is 36.4 Å². The Kier molecular flexibility index (Phi) is 6.26. The van der Waals surface area contributed by atoms with Crippen molar-refractivity contribution in [3.8, 4) is 5.75 Å². The second-order valence-corrected chi connectivity index (χ2v) is 7.46. The Bertz CT molecular complexity index is 943. The number of amides is 2. The van der Waals surface area contributed by atoms with Crippen LogP contribution in [0.3, 0.4) is 0 Å². The van der Waals surface area contributed by atoms with Crippen LogP contribution in [0.4, 0.5) is 4.79 Å². The monoisotopic (exact) mass is 419 g/mol. The number of carbonyl (C=O) groups excluding carboxylic acids is 2. The number of hydrogen-bond acceptors (Lipinski definition) is 4. The first kappa shape index (κ1) is 19.5. The molecule has 3 rings (SSSR count). The maximum Gasteiger partial charge on any atom is 0.293 e. The van der Waals surface area contributed by atoms with Gasteiger partial charge in [0, 0.05) is 5.56 Å². The molecule has 2 aromatic rings. The number of imide groups is 1. The van der Waals surface area contributed by atoms with Crippen LogP contribution in [0.5, 0.6) is 5.75 Å². The van der Waals surface area contributed by atoms with E-state index in [1.165, 1.54) is 4.90 Å². The predicted octanol–water partition coefficient (Wildman–Crippen LogP) is 5.79. The molecule has 0 radical (unpaired) electrons. The van der Waals surface area contributed by atoms with Crippen LogP contribution in [-0.2, 0) is 11.3 Å². The van der Waals surface area contributed by atoms with Crippen molar-refractivity contribution < 1.29 is 14.3 Å².